The predicted octanol–water partition coefficient (Wildman–Crippen LogP) is 3.96. The molecule has 1 N–H and O–H groups in total. The zero-order valence-electron chi connectivity index (χ0n) is 16.5. The predicted molar refractivity (Wildman–Crippen MR) is 113 cm³/mol. The Hall–Kier alpha value is -3.72. The van der Waals surface area contributed by atoms with Crippen molar-refractivity contribution in [1.82, 2.24) is 5.32 Å². The van der Waals surface area contributed by atoms with E-state index in [1.165, 1.54) is 36.4 Å². The van der Waals surface area contributed by atoms with Crippen molar-refractivity contribution in [2.75, 3.05) is 6.54 Å². The SMILES string of the molecule is CC(C)CNC(=O)c1cc2ccc(OC(=O)c3ccc(Cl)cc3[N+](=O)[O-])cc2oc1=O. The Morgan fingerprint density at radius 1 is 1.16 bits per heavy atom. The Balaban J connectivity index is 1.88. The molecule has 31 heavy (non-hydrogen) atoms. The number of halogens is 1. The number of benzene rings is 2. The summed E-state index contributed by atoms with van der Waals surface area (Å²) in [6, 6.07) is 9.14. The molecule has 0 spiro atoms. The summed E-state index contributed by atoms with van der Waals surface area (Å²) in [5, 5.41) is 14.4. The third kappa shape index (κ3) is 5.07. The van der Waals surface area contributed by atoms with E-state index >= 15 is 0 Å². The van der Waals surface area contributed by atoms with E-state index in [1.807, 2.05) is 13.8 Å². The first kappa shape index (κ1) is 22.0. The van der Waals surface area contributed by atoms with Crippen LogP contribution in [0, 0.1) is 16.0 Å². The summed E-state index contributed by atoms with van der Waals surface area (Å²) >= 11 is 5.75. The van der Waals surface area contributed by atoms with Gasteiger partial charge in [0.05, 0.1) is 4.92 Å². The number of carbonyl (C=O) groups is 2. The highest BCUT2D eigenvalue weighted by atomic mass is 35.5. The summed E-state index contributed by atoms with van der Waals surface area (Å²) in [6.07, 6.45) is 0. The van der Waals surface area contributed by atoms with E-state index in [9.17, 15) is 24.5 Å². The first-order valence-corrected chi connectivity index (χ1v) is 9.55. The first-order valence-electron chi connectivity index (χ1n) is 9.18. The second-order valence-electron chi connectivity index (χ2n) is 7.06. The van der Waals surface area contributed by atoms with Gasteiger partial charge in [-0.05, 0) is 36.2 Å². The smallest absolute Gasteiger partial charge is 0.350 e. The van der Waals surface area contributed by atoms with Crippen LogP contribution < -0.4 is 15.7 Å². The van der Waals surface area contributed by atoms with Crippen molar-refractivity contribution in [2.24, 2.45) is 5.92 Å². The molecule has 0 aliphatic carbocycles. The lowest BCUT2D eigenvalue weighted by molar-refractivity contribution is -0.385. The topological polar surface area (TPSA) is 129 Å². The zero-order chi connectivity index (χ0) is 22.7. The Morgan fingerprint density at radius 2 is 1.90 bits per heavy atom. The fourth-order valence-electron chi connectivity index (χ4n) is 2.70. The lowest BCUT2D eigenvalue weighted by Gasteiger charge is -2.08. The van der Waals surface area contributed by atoms with Gasteiger partial charge in [-0.25, -0.2) is 9.59 Å². The molecule has 0 bridgehead atoms. The molecule has 0 aliphatic heterocycles. The van der Waals surface area contributed by atoms with Gasteiger partial charge in [0.2, 0.25) is 0 Å². The quantitative estimate of drug-likeness (QED) is 0.200. The molecule has 0 aliphatic rings. The number of fused-ring (bicyclic) bond motifs is 1. The van der Waals surface area contributed by atoms with Crippen molar-refractivity contribution in [3.05, 3.63) is 79.1 Å². The Bertz CT molecular complexity index is 1250. The summed E-state index contributed by atoms with van der Waals surface area (Å²) in [5.74, 6) is -1.31. The maximum Gasteiger partial charge on any atom is 0.350 e. The fourth-order valence-corrected chi connectivity index (χ4v) is 2.86. The van der Waals surface area contributed by atoms with Crippen LogP contribution in [0.3, 0.4) is 0 Å². The molecule has 0 unspecified atom stereocenters. The number of hydrogen-bond donors (Lipinski definition) is 1. The van der Waals surface area contributed by atoms with Crippen molar-refractivity contribution < 1.29 is 23.7 Å². The van der Waals surface area contributed by atoms with Crippen LogP contribution in [0.15, 0.2) is 51.7 Å². The standard InChI is InChI=1S/C21H17ClN2O7/c1-11(2)10-23-19(25)16-7-12-3-5-14(9-18(12)31-21(16)27)30-20(26)15-6-4-13(22)8-17(15)24(28)29/h3-9,11H,10H2,1-2H3,(H,23,25). The van der Waals surface area contributed by atoms with E-state index in [0.29, 0.717) is 11.9 Å². The number of carbonyl (C=O) groups excluding carboxylic acids is 2. The summed E-state index contributed by atoms with van der Waals surface area (Å²) < 4.78 is 10.4. The Kier molecular flexibility index (Phi) is 6.36. The molecular formula is C21H17ClN2O7. The first-order chi connectivity index (χ1) is 14.7. The van der Waals surface area contributed by atoms with Gasteiger partial charge in [0, 0.05) is 29.1 Å². The van der Waals surface area contributed by atoms with Gasteiger partial charge in [-0.1, -0.05) is 25.4 Å². The molecule has 9 nitrogen and oxygen atoms in total. The lowest BCUT2D eigenvalue weighted by atomic mass is 10.1. The molecule has 0 radical (unpaired) electrons. The van der Waals surface area contributed by atoms with Crippen molar-refractivity contribution in [1.29, 1.82) is 0 Å². The second kappa shape index (κ2) is 8.97. The Labute approximate surface area is 180 Å². The van der Waals surface area contributed by atoms with Crippen LogP contribution in [-0.4, -0.2) is 23.3 Å². The van der Waals surface area contributed by atoms with Crippen molar-refractivity contribution >= 4 is 40.1 Å². The summed E-state index contributed by atoms with van der Waals surface area (Å²) in [6.45, 7) is 4.25. The third-order valence-electron chi connectivity index (χ3n) is 4.21. The molecule has 3 rings (SSSR count). The summed E-state index contributed by atoms with van der Waals surface area (Å²) in [7, 11) is 0. The number of ether oxygens (including phenoxy) is 1. The van der Waals surface area contributed by atoms with Gasteiger partial charge in [-0.2, -0.15) is 0 Å². The highest BCUT2D eigenvalue weighted by molar-refractivity contribution is 6.31. The number of nitro benzene ring substituents is 1. The van der Waals surface area contributed by atoms with Gasteiger partial charge in [0.15, 0.2) is 0 Å². The van der Waals surface area contributed by atoms with Gasteiger partial charge in [0.1, 0.15) is 22.5 Å². The monoisotopic (exact) mass is 444 g/mol. The number of hydrogen-bond acceptors (Lipinski definition) is 7. The van der Waals surface area contributed by atoms with E-state index in [4.69, 9.17) is 20.8 Å². The highest BCUT2D eigenvalue weighted by Gasteiger charge is 2.23. The zero-order valence-corrected chi connectivity index (χ0v) is 17.3. The minimum Gasteiger partial charge on any atom is -0.423 e. The molecular weight excluding hydrogens is 428 g/mol. The molecule has 2 aromatic carbocycles. The lowest BCUT2D eigenvalue weighted by Crippen LogP contribution is -2.31. The number of nitro groups is 1. The number of rotatable bonds is 6. The number of nitrogens with one attached hydrogen (secondary N) is 1. The molecule has 0 atom stereocenters. The maximum atomic E-state index is 12.4. The molecule has 1 heterocycles. The van der Waals surface area contributed by atoms with E-state index in [2.05, 4.69) is 5.32 Å². The van der Waals surface area contributed by atoms with Crippen LogP contribution in [0.25, 0.3) is 11.0 Å². The van der Waals surface area contributed by atoms with Crippen molar-refractivity contribution in [2.45, 2.75) is 13.8 Å². The van der Waals surface area contributed by atoms with E-state index < -0.39 is 28.1 Å². The van der Waals surface area contributed by atoms with E-state index in [-0.39, 0.29) is 33.4 Å². The normalized spacial score (nSPS) is 10.8. The molecule has 160 valence electrons. The minimum atomic E-state index is -0.977. The minimum absolute atomic E-state index is 0.00177. The van der Waals surface area contributed by atoms with Crippen molar-refractivity contribution in [3.63, 3.8) is 0 Å². The summed E-state index contributed by atoms with van der Waals surface area (Å²) in [4.78, 5) is 47.2. The van der Waals surface area contributed by atoms with Crippen LogP contribution in [0.2, 0.25) is 5.02 Å². The average Bonchev–Trinajstić information content (AvgIpc) is 2.71. The molecule has 10 heteroatoms. The van der Waals surface area contributed by atoms with E-state index in [1.54, 1.807) is 0 Å². The number of nitrogens with zero attached hydrogens (tertiary/aromatic N) is 1. The number of amides is 1. The van der Waals surface area contributed by atoms with Crippen LogP contribution in [-0.2, 0) is 0 Å². The van der Waals surface area contributed by atoms with Crippen LogP contribution in [0.4, 0.5) is 5.69 Å². The summed E-state index contributed by atoms with van der Waals surface area (Å²) in [5.41, 5.74) is -1.68. The van der Waals surface area contributed by atoms with Gasteiger partial charge >= 0.3 is 11.6 Å². The van der Waals surface area contributed by atoms with Gasteiger partial charge in [-0.15, -0.1) is 0 Å². The second-order valence-corrected chi connectivity index (χ2v) is 7.50. The molecule has 1 aromatic heterocycles. The molecule has 0 saturated carbocycles. The highest BCUT2D eigenvalue weighted by Crippen LogP contribution is 2.26. The molecule has 0 saturated heterocycles. The van der Waals surface area contributed by atoms with Gasteiger partial charge < -0.3 is 14.5 Å². The maximum absolute atomic E-state index is 12.4. The van der Waals surface area contributed by atoms with Crippen molar-refractivity contribution in [3.8, 4) is 5.75 Å². The Morgan fingerprint density at radius 3 is 2.58 bits per heavy atom. The van der Waals surface area contributed by atoms with Crippen LogP contribution in [0.1, 0.15) is 34.6 Å². The number of esters is 1. The molecule has 0 fully saturated rings. The van der Waals surface area contributed by atoms with E-state index in [0.717, 1.165) is 6.07 Å². The van der Waals surface area contributed by atoms with Gasteiger partial charge in [-0.3, -0.25) is 14.9 Å². The van der Waals surface area contributed by atoms with Crippen LogP contribution in [0.5, 0.6) is 5.75 Å². The van der Waals surface area contributed by atoms with Crippen LogP contribution >= 0.6 is 11.6 Å². The average molecular weight is 445 g/mol. The largest absolute Gasteiger partial charge is 0.423 e. The fraction of sp³-hybridized carbons (Fsp3) is 0.190. The third-order valence-corrected chi connectivity index (χ3v) is 4.44. The molecule has 1 amide bonds. The molecule has 3 aromatic rings. The van der Waals surface area contributed by atoms with Gasteiger partial charge in [0.25, 0.3) is 11.6 Å².